The first-order chi connectivity index (χ1) is 15.4. The van der Waals surface area contributed by atoms with Gasteiger partial charge in [0.25, 0.3) is 0 Å². The Labute approximate surface area is 188 Å². The molecular weight excluding hydrogens is 396 g/mol. The minimum absolute atomic E-state index is 0.154. The molecule has 0 amide bonds. The van der Waals surface area contributed by atoms with Gasteiger partial charge in [-0.05, 0) is 47.9 Å². The first-order valence-corrected chi connectivity index (χ1v) is 14.3. The summed E-state index contributed by atoms with van der Waals surface area (Å²) in [5.41, 5.74) is 0. The molecule has 2 atom stereocenters. The van der Waals surface area contributed by atoms with E-state index in [0.29, 0.717) is 11.8 Å². The van der Waals surface area contributed by atoms with Gasteiger partial charge in [0.05, 0.1) is 12.2 Å². The van der Waals surface area contributed by atoms with Gasteiger partial charge in [0.2, 0.25) is 0 Å². The second kappa shape index (κ2) is 9.85. The Morgan fingerprint density at radius 2 is 0.903 bits per heavy atom. The highest BCUT2D eigenvalue weighted by atomic mass is 28.4. The lowest BCUT2D eigenvalue weighted by atomic mass is 9.83. The van der Waals surface area contributed by atoms with Crippen LogP contribution in [0.2, 0.25) is 0 Å². The molecule has 0 saturated heterocycles. The van der Waals surface area contributed by atoms with E-state index in [1.807, 2.05) is 0 Å². The van der Waals surface area contributed by atoms with Gasteiger partial charge in [-0.1, -0.05) is 111 Å². The van der Waals surface area contributed by atoms with Gasteiger partial charge in [-0.15, -0.1) is 0 Å². The molecule has 2 aromatic carbocycles. The molecule has 0 aromatic heterocycles. The van der Waals surface area contributed by atoms with E-state index in [0.717, 1.165) is 0 Å². The SMILES string of the molecule is C1=C[C@H](C2CCCCC2)O[Si](c2ccccc2)(c2ccccc2)O[C@H]1C1CCCCC1. The highest BCUT2D eigenvalue weighted by Crippen LogP contribution is 2.36. The van der Waals surface area contributed by atoms with E-state index < -0.39 is 8.56 Å². The lowest BCUT2D eigenvalue weighted by Crippen LogP contribution is -2.66. The molecule has 2 nitrogen and oxygen atoms in total. The molecule has 3 heteroatoms. The Morgan fingerprint density at radius 3 is 1.29 bits per heavy atom. The van der Waals surface area contributed by atoms with Crippen LogP contribution in [0, 0.1) is 11.8 Å². The number of benzene rings is 2. The molecule has 1 aliphatic heterocycles. The van der Waals surface area contributed by atoms with Crippen LogP contribution >= 0.6 is 0 Å². The van der Waals surface area contributed by atoms with Crippen LogP contribution in [0.3, 0.4) is 0 Å². The van der Waals surface area contributed by atoms with E-state index in [2.05, 4.69) is 72.8 Å². The fourth-order valence-electron chi connectivity index (χ4n) is 5.89. The number of hydrogen-bond acceptors (Lipinski definition) is 2. The first-order valence-electron chi connectivity index (χ1n) is 12.5. The van der Waals surface area contributed by atoms with Crippen molar-refractivity contribution in [3.8, 4) is 0 Å². The summed E-state index contributed by atoms with van der Waals surface area (Å²) in [6.45, 7) is 0. The maximum atomic E-state index is 7.26. The highest BCUT2D eigenvalue weighted by molar-refractivity contribution is 6.92. The molecule has 3 aliphatic rings. The van der Waals surface area contributed by atoms with Gasteiger partial charge in [-0.25, -0.2) is 0 Å². The fourth-order valence-corrected chi connectivity index (χ4v) is 9.40. The van der Waals surface area contributed by atoms with E-state index in [9.17, 15) is 0 Å². The van der Waals surface area contributed by atoms with Crippen molar-refractivity contribution in [1.82, 2.24) is 0 Å². The molecule has 0 spiro atoms. The molecule has 31 heavy (non-hydrogen) atoms. The number of rotatable bonds is 4. The van der Waals surface area contributed by atoms with Gasteiger partial charge in [0.15, 0.2) is 0 Å². The predicted molar refractivity (Wildman–Crippen MR) is 130 cm³/mol. The average Bonchev–Trinajstić information content (AvgIpc) is 3.08. The molecule has 164 valence electrons. The molecule has 2 fully saturated rings. The van der Waals surface area contributed by atoms with Crippen LogP contribution in [-0.2, 0) is 8.85 Å². The first kappa shape index (κ1) is 21.2. The van der Waals surface area contributed by atoms with E-state index in [1.54, 1.807) is 0 Å². The topological polar surface area (TPSA) is 18.5 Å². The standard InChI is InChI=1S/C28H36O2Si/c1-5-13-23(14-6-1)27-21-22-28(24-15-7-2-8-16-24)30-31(29-27,25-17-9-3-10-18-25)26-19-11-4-12-20-26/h3-4,9-12,17-24,27-28H,1-2,5-8,13-16H2/t27-,28-/m1/s1. The Balaban J connectivity index is 1.59. The van der Waals surface area contributed by atoms with Crippen LogP contribution < -0.4 is 10.4 Å². The number of hydrogen-bond donors (Lipinski definition) is 0. The summed E-state index contributed by atoms with van der Waals surface area (Å²) >= 11 is 0. The summed E-state index contributed by atoms with van der Waals surface area (Å²) in [5, 5.41) is 2.48. The Hall–Kier alpha value is -1.68. The van der Waals surface area contributed by atoms with Gasteiger partial charge >= 0.3 is 8.56 Å². The Kier molecular flexibility index (Phi) is 6.73. The molecular formula is C28H36O2Si. The minimum atomic E-state index is -2.84. The third-order valence-electron chi connectivity index (χ3n) is 7.63. The lowest BCUT2D eigenvalue weighted by Gasteiger charge is -2.39. The van der Waals surface area contributed by atoms with Gasteiger partial charge in [-0.3, -0.25) is 0 Å². The van der Waals surface area contributed by atoms with Crippen molar-refractivity contribution in [2.75, 3.05) is 0 Å². The van der Waals surface area contributed by atoms with E-state index in [4.69, 9.17) is 8.85 Å². The van der Waals surface area contributed by atoms with E-state index in [-0.39, 0.29) is 12.2 Å². The molecule has 2 aromatic rings. The van der Waals surface area contributed by atoms with Crippen molar-refractivity contribution in [2.45, 2.75) is 76.4 Å². The summed E-state index contributed by atoms with van der Waals surface area (Å²) in [7, 11) is -2.84. The van der Waals surface area contributed by atoms with Gasteiger partial charge in [0.1, 0.15) is 0 Å². The molecule has 2 saturated carbocycles. The van der Waals surface area contributed by atoms with E-state index in [1.165, 1.54) is 74.6 Å². The van der Waals surface area contributed by atoms with Gasteiger partial charge in [-0.2, -0.15) is 0 Å². The molecule has 0 bridgehead atoms. The third-order valence-corrected chi connectivity index (χ3v) is 11.0. The molecule has 0 radical (unpaired) electrons. The van der Waals surface area contributed by atoms with E-state index >= 15 is 0 Å². The molecule has 5 rings (SSSR count). The third kappa shape index (κ3) is 4.60. The zero-order valence-electron chi connectivity index (χ0n) is 18.6. The van der Waals surface area contributed by atoms with Crippen molar-refractivity contribution in [2.24, 2.45) is 11.8 Å². The smallest absolute Gasteiger partial charge is 0.381 e. The van der Waals surface area contributed by atoms with Crippen molar-refractivity contribution < 1.29 is 8.85 Å². The lowest BCUT2D eigenvalue weighted by molar-refractivity contribution is 0.0759. The quantitative estimate of drug-likeness (QED) is 0.453. The monoisotopic (exact) mass is 432 g/mol. The molecule has 0 N–H and O–H groups in total. The maximum absolute atomic E-state index is 7.26. The van der Waals surface area contributed by atoms with Crippen molar-refractivity contribution in [3.05, 3.63) is 72.8 Å². The average molecular weight is 433 g/mol. The molecule has 2 aliphatic carbocycles. The van der Waals surface area contributed by atoms with Crippen LogP contribution in [0.15, 0.2) is 72.8 Å². The van der Waals surface area contributed by atoms with Crippen molar-refractivity contribution in [3.63, 3.8) is 0 Å². The Morgan fingerprint density at radius 1 is 0.516 bits per heavy atom. The second-order valence-corrected chi connectivity index (χ2v) is 12.6. The van der Waals surface area contributed by atoms with Crippen LogP contribution in [-0.4, -0.2) is 20.8 Å². The van der Waals surface area contributed by atoms with Crippen LogP contribution in [0.5, 0.6) is 0 Å². The van der Waals surface area contributed by atoms with Crippen LogP contribution in [0.1, 0.15) is 64.2 Å². The molecule has 1 heterocycles. The normalized spacial score (nSPS) is 27.6. The Bertz CT molecular complexity index is 766. The largest absolute Gasteiger partial charge is 0.408 e. The second-order valence-electron chi connectivity index (χ2n) is 9.69. The van der Waals surface area contributed by atoms with Crippen molar-refractivity contribution in [1.29, 1.82) is 0 Å². The predicted octanol–water partition coefficient (Wildman–Crippen LogP) is 5.74. The van der Waals surface area contributed by atoms with Crippen LogP contribution in [0.25, 0.3) is 0 Å². The summed E-state index contributed by atoms with van der Waals surface area (Å²) in [6, 6.07) is 21.7. The summed E-state index contributed by atoms with van der Waals surface area (Å²) in [6.07, 6.45) is 18.3. The maximum Gasteiger partial charge on any atom is 0.408 e. The van der Waals surface area contributed by atoms with Crippen LogP contribution in [0.4, 0.5) is 0 Å². The van der Waals surface area contributed by atoms with Gasteiger partial charge in [0, 0.05) is 0 Å². The summed E-state index contributed by atoms with van der Waals surface area (Å²) in [4.78, 5) is 0. The fraction of sp³-hybridized carbons (Fsp3) is 0.500. The zero-order valence-corrected chi connectivity index (χ0v) is 19.6. The van der Waals surface area contributed by atoms with Gasteiger partial charge < -0.3 is 8.85 Å². The minimum Gasteiger partial charge on any atom is -0.381 e. The summed E-state index contributed by atoms with van der Waals surface area (Å²) < 4.78 is 14.5. The van der Waals surface area contributed by atoms with Crippen molar-refractivity contribution >= 4 is 18.9 Å². The summed E-state index contributed by atoms with van der Waals surface area (Å²) in [5.74, 6) is 1.22. The highest BCUT2D eigenvalue weighted by Gasteiger charge is 2.49. The zero-order chi connectivity index (χ0) is 20.9. The molecule has 0 unspecified atom stereocenters.